The molecule has 1 aromatic carbocycles. The van der Waals surface area contributed by atoms with Gasteiger partial charge in [-0.25, -0.2) is 4.98 Å². The van der Waals surface area contributed by atoms with E-state index in [1.165, 1.54) is 24.0 Å². The Morgan fingerprint density at radius 1 is 1.03 bits per heavy atom. The molecule has 0 radical (unpaired) electrons. The summed E-state index contributed by atoms with van der Waals surface area (Å²) < 4.78 is 0. The zero-order valence-corrected chi connectivity index (χ0v) is 22.7. The molecule has 0 saturated carbocycles. The van der Waals surface area contributed by atoms with Crippen LogP contribution in [0.15, 0.2) is 42.6 Å². The van der Waals surface area contributed by atoms with Crippen LogP contribution in [-0.4, -0.2) is 89.4 Å². The van der Waals surface area contributed by atoms with Crippen LogP contribution in [-0.2, 0) is 17.8 Å². The van der Waals surface area contributed by atoms with Crippen molar-refractivity contribution in [2.24, 2.45) is 0 Å². The smallest absolute Gasteiger partial charge is 0.251 e. The second kappa shape index (κ2) is 12.7. The van der Waals surface area contributed by atoms with Gasteiger partial charge >= 0.3 is 0 Å². The molecule has 38 heavy (non-hydrogen) atoms. The van der Waals surface area contributed by atoms with Gasteiger partial charge in [-0.15, -0.1) is 0 Å². The number of rotatable bonds is 9. The average Bonchev–Trinajstić information content (AvgIpc) is 3.48. The Morgan fingerprint density at radius 3 is 2.55 bits per heavy atom. The first-order valence-corrected chi connectivity index (χ1v) is 14.3. The molecule has 0 aliphatic carbocycles. The number of aromatic nitrogens is 1. The largest absolute Gasteiger partial charge is 0.367 e. The Balaban J connectivity index is 1.13. The maximum Gasteiger partial charge on any atom is 0.251 e. The van der Waals surface area contributed by atoms with Crippen molar-refractivity contribution in [2.45, 2.75) is 64.1 Å². The van der Waals surface area contributed by atoms with Crippen molar-refractivity contribution >= 4 is 17.6 Å². The number of pyridine rings is 1. The molecule has 2 saturated heterocycles. The maximum absolute atomic E-state index is 13.1. The zero-order chi connectivity index (χ0) is 26.3. The Hall–Kier alpha value is -2.97. The SMILES string of the molecule is CC(=O)N1CCC(Nc2cc(C(=O)NCC(CCN3CCc4ccccc4C3)N3CCCC3)ccn2)CC1. The highest BCUT2D eigenvalue weighted by Gasteiger charge is 2.25. The molecule has 2 N–H and O–H groups in total. The number of fused-ring (bicyclic) bond motifs is 1. The zero-order valence-electron chi connectivity index (χ0n) is 22.7. The minimum absolute atomic E-state index is 0.0436. The summed E-state index contributed by atoms with van der Waals surface area (Å²) in [6, 6.07) is 13.0. The molecule has 1 unspecified atom stereocenters. The molecule has 8 heteroatoms. The van der Waals surface area contributed by atoms with E-state index in [0.29, 0.717) is 18.2 Å². The highest BCUT2D eigenvalue weighted by atomic mass is 16.2. The van der Waals surface area contributed by atoms with Crippen LogP contribution in [0.4, 0.5) is 5.82 Å². The van der Waals surface area contributed by atoms with Crippen molar-refractivity contribution in [1.29, 1.82) is 0 Å². The molecule has 5 rings (SSSR count). The lowest BCUT2D eigenvalue weighted by atomic mass is 9.99. The molecule has 3 aliphatic rings. The van der Waals surface area contributed by atoms with Gasteiger partial charge in [0, 0.05) is 70.0 Å². The lowest BCUT2D eigenvalue weighted by Crippen LogP contribution is -2.45. The van der Waals surface area contributed by atoms with Gasteiger partial charge in [-0.3, -0.25) is 19.4 Å². The van der Waals surface area contributed by atoms with Gasteiger partial charge < -0.3 is 15.5 Å². The standard InChI is InChI=1S/C30H42N6O2/c1-23(37)35-18-10-27(11-19-35)33-29-20-25(8-13-31-29)30(38)32-21-28(36-14-4-5-15-36)12-17-34-16-9-24-6-2-3-7-26(24)22-34/h2-3,6-8,13,20,27-28H,4-5,9-12,14-19,21-22H2,1H3,(H,31,33)(H,32,38). The van der Waals surface area contributed by atoms with E-state index in [9.17, 15) is 9.59 Å². The molecule has 3 aliphatic heterocycles. The molecule has 2 fully saturated rings. The highest BCUT2D eigenvalue weighted by molar-refractivity contribution is 5.94. The number of benzene rings is 1. The second-order valence-electron chi connectivity index (χ2n) is 11.0. The summed E-state index contributed by atoms with van der Waals surface area (Å²) in [4.78, 5) is 36.2. The summed E-state index contributed by atoms with van der Waals surface area (Å²) in [5, 5.41) is 6.70. The number of hydrogen-bond acceptors (Lipinski definition) is 6. The molecule has 204 valence electrons. The van der Waals surface area contributed by atoms with Crippen LogP contribution in [0.3, 0.4) is 0 Å². The van der Waals surface area contributed by atoms with E-state index in [-0.39, 0.29) is 17.9 Å². The minimum Gasteiger partial charge on any atom is -0.367 e. The van der Waals surface area contributed by atoms with Gasteiger partial charge in [-0.1, -0.05) is 24.3 Å². The lowest BCUT2D eigenvalue weighted by molar-refractivity contribution is -0.129. The number of nitrogens with zero attached hydrogens (tertiary/aromatic N) is 4. The molecule has 0 bridgehead atoms. The number of likely N-dealkylation sites (tertiary alicyclic amines) is 2. The second-order valence-corrected chi connectivity index (χ2v) is 11.0. The molecule has 1 atom stereocenters. The summed E-state index contributed by atoms with van der Waals surface area (Å²) in [5.41, 5.74) is 3.58. The van der Waals surface area contributed by atoms with Crippen molar-refractivity contribution in [3.05, 3.63) is 59.3 Å². The normalized spacial score (nSPS) is 19.7. The topological polar surface area (TPSA) is 80.8 Å². The number of amides is 2. The number of carbonyl (C=O) groups excluding carboxylic acids is 2. The minimum atomic E-state index is -0.0436. The van der Waals surface area contributed by atoms with Gasteiger partial charge in [0.05, 0.1) is 0 Å². The Bertz CT molecular complexity index is 1090. The molecule has 0 spiro atoms. The highest BCUT2D eigenvalue weighted by Crippen LogP contribution is 2.21. The Kier molecular flexibility index (Phi) is 8.91. The van der Waals surface area contributed by atoms with Crippen molar-refractivity contribution in [3.8, 4) is 0 Å². The number of piperidine rings is 1. The number of nitrogens with one attached hydrogen (secondary N) is 2. The summed E-state index contributed by atoms with van der Waals surface area (Å²) in [6.07, 6.45) is 8.14. The van der Waals surface area contributed by atoms with Gasteiger partial charge in [0.2, 0.25) is 5.91 Å². The fourth-order valence-corrected chi connectivity index (χ4v) is 6.11. The predicted octanol–water partition coefficient (Wildman–Crippen LogP) is 3.15. The number of anilines is 1. The van der Waals surface area contributed by atoms with Crippen LogP contribution in [0.25, 0.3) is 0 Å². The van der Waals surface area contributed by atoms with Crippen LogP contribution >= 0.6 is 0 Å². The van der Waals surface area contributed by atoms with E-state index < -0.39 is 0 Å². The van der Waals surface area contributed by atoms with Crippen LogP contribution < -0.4 is 10.6 Å². The average molecular weight is 519 g/mol. The van der Waals surface area contributed by atoms with Gasteiger partial charge in [0.25, 0.3) is 5.91 Å². The Labute approximate surface area is 226 Å². The van der Waals surface area contributed by atoms with Crippen LogP contribution in [0.2, 0.25) is 0 Å². The van der Waals surface area contributed by atoms with Gasteiger partial charge in [-0.05, 0) is 74.9 Å². The summed E-state index contributed by atoms with van der Waals surface area (Å²) >= 11 is 0. The molecule has 8 nitrogen and oxygen atoms in total. The summed E-state index contributed by atoms with van der Waals surface area (Å²) in [6.45, 7) is 9.23. The third-order valence-corrected chi connectivity index (χ3v) is 8.46. The fraction of sp³-hybridized carbons (Fsp3) is 0.567. The quantitative estimate of drug-likeness (QED) is 0.531. The molecule has 1 aromatic heterocycles. The molecular formula is C30H42N6O2. The van der Waals surface area contributed by atoms with E-state index in [1.807, 2.05) is 11.0 Å². The predicted molar refractivity (Wildman–Crippen MR) is 150 cm³/mol. The molecule has 4 heterocycles. The lowest BCUT2D eigenvalue weighted by Gasteiger charge is -2.33. The van der Waals surface area contributed by atoms with Crippen molar-refractivity contribution in [3.63, 3.8) is 0 Å². The monoisotopic (exact) mass is 518 g/mol. The van der Waals surface area contributed by atoms with Crippen molar-refractivity contribution < 1.29 is 9.59 Å². The van der Waals surface area contributed by atoms with Gasteiger partial charge in [-0.2, -0.15) is 0 Å². The number of hydrogen-bond donors (Lipinski definition) is 2. The maximum atomic E-state index is 13.1. The third kappa shape index (κ3) is 6.91. The van der Waals surface area contributed by atoms with E-state index in [0.717, 1.165) is 77.3 Å². The molecular weight excluding hydrogens is 476 g/mol. The van der Waals surface area contributed by atoms with Crippen LogP contribution in [0, 0.1) is 0 Å². The van der Waals surface area contributed by atoms with Gasteiger partial charge in [0.1, 0.15) is 5.82 Å². The Morgan fingerprint density at radius 2 is 1.79 bits per heavy atom. The third-order valence-electron chi connectivity index (χ3n) is 8.46. The molecule has 2 amide bonds. The van der Waals surface area contributed by atoms with Crippen molar-refractivity contribution in [2.75, 3.05) is 51.1 Å². The van der Waals surface area contributed by atoms with E-state index in [4.69, 9.17) is 0 Å². The van der Waals surface area contributed by atoms with Crippen LogP contribution in [0.5, 0.6) is 0 Å². The first kappa shape index (κ1) is 26.6. The van der Waals surface area contributed by atoms with E-state index in [2.05, 4.69) is 49.7 Å². The summed E-state index contributed by atoms with van der Waals surface area (Å²) in [7, 11) is 0. The number of carbonyl (C=O) groups is 2. The first-order valence-electron chi connectivity index (χ1n) is 14.3. The van der Waals surface area contributed by atoms with E-state index in [1.54, 1.807) is 19.2 Å². The summed E-state index contributed by atoms with van der Waals surface area (Å²) in [5.74, 6) is 0.812. The fourth-order valence-electron chi connectivity index (χ4n) is 6.11. The molecule has 2 aromatic rings. The van der Waals surface area contributed by atoms with Crippen molar-refractivity contribution in [1.82, 2.24) is 25.0 Å². The first-order chi connectivity index (χ1) is 18.5. The van der Waals surface area contributed by atoms with E-state index >= 15 is 0 Å². The van der Waals surface area contributed by atoms with Crippen LogP contribution in [0.1, 0.15) is 60.5 Å². The van der Waals surface area contributed by atoms with Gasteiger partial charge in [0.15, 0.2) is 0 Å².